The van der Waals surface area contributed by atoms with Crippen molar-refractivity contribution in [2.24, 2.45) is 0 Å². The van der Waals surface area contributed by atoms with Crippen molar-refractivity contribution in [3.8, 4) is 0 Å². The lowest BCUT2D eigenvalue weighted by Gasteiger charge is -2.26. The summed E-state index contributed by atoms with van der Waals surface area (Å²) in [5, 5.41) is 5.03. The number of nitrogens with zero attached hydrogens (tertiary/aromatic N) is 3. The number of likely N-dealkylation sites (N-methyl/N-ethyl adjacent to an activating group) is 2. The van der Waals surface area contributed by atoms with Crippen LogP contribution in [-0.4, -0.2) is 68.9 Å². The number of fused-ring (bicyclic) bond motifs is 2. The van der Waals surface area contributed by atoms with Crippen molar-refractivity contribution in [2.75, 3.05) is 52.2 Å². The molecule has 1 spiro atoms. The number of rotatable bonds is 5. The maximum absolute atomic E-state index is 12.7. The number of hydrogen-bond donors (Lipinski definition) is 1. The quantitative estimate of drug-likeness (QED) is 0.818. The molecule has 2 aliphatic heterocycles. The fourth-order valence-corrected chi connectivity index (χ4v) is 5.19. The van der Waals surface area contributed by atoms with Crippen LogP contribution in [0.5, 0.6) is 0 Å². The van der Waals surface area contributed by atoms with Crippen LogP contribution in [0.2, 0.25) is 0 Å². The van der Waals surface area contributed by atoms with Crippen LogP contribution in [-0.2, 0) is 16.8 Å². The number of anilines is 1. The van der Waals surface area contributed by atoms with Gasteiger partial charge in [-0.1, -0.05) is 6.07 Å². The summed E-state index contributed by atoms with van der Waals surface area (Å²) in [5.74, 6) is 0.122. The van der Waals surface area contributed by atoms with Crippen LogP contribution in [0.25, 0.3) is 0 Å². The van der Waals surface area contributed by atoms with E-state index in [0.717, 1.165) is 30.9 Å². The smallest absolute Gasteiger partial charge is 0.251 e. The Morgan fingerprint density at radius 2 is 2.07 bits per heavy atom. The molecule has 6 nitrogen and oxygen atoms in total. The topological polar surface area (TPSA) is 55.9 Å². The van der Waals surface area contributed by atoms with Crippen LogP contribution < -0.4 is 10.2 Å². The molecule has 0 aliphatic carbocycles. The van der Waals surface area contributed by atoms with Crippen LogP contribution in [0, 0.1) is 0 Å². The van der Waals surface area contributed by atoms with Crippen molar-refractivity contribution in [3.63, 3.8) is 0 Å². The number of nitrogens with one attached hydrogen (secondary N) is 1. The van der Waals surface area contributed by atoms with Gasteiger partial charge in [-0.2, -0.15) is 0 Å². The molecular formula is C22H28N4O2S. The summed E-state index contributed by atoms with van der Waals surface area (Å²) in [6.07, 6.45) is 0.934. The minimum absolute atomic E-state index is 0.0514. The molecule has 7 heteroatoms. The lowest BCUT2D eigenvalue weighted by Crippen LogP contribution is -2.40. The molecule has 2 amide bonds. The molecule has 1 unspecified atom stereocenters. The Kier molecular flexibility index (Phi) is 5.36. The molecule has 1 aromatic carbocycles. The molecule has 1 atom stereocenters. The molecule has 0 radical (unpaired) electrons. The molecule has 1 saturated heterocycles. The second kappa shape index (κ2) is 7.80. The Morgan fingerprint density at radius 3 is 2.79 bits per heavy atom. The number of carbonyl (C=O) groups excluding carboxylic acids is 2. The van der Waals surface area contributed by atoms with Gasteiger partial charge in [-0.25, -0.2) is 0 Å². The third-order valence-corrected chi connectivity index (χ3v) is 6.82. The molecule has 29 heavy (non-hydrogen) atoms. The lowest BCUT2D eigenvalue weighted by molar-refractivity contribution is -0.130. The number of benzene rings is 1. The van der Waals surface area contributed by atoms with Gasteiger partial charge in [0.2, 0.25) is 5.91 Å². The Balaban J connectivity index is 1.53. The van der Waals surface area contributed by atoms with Gasteiger partial charge in [-0.3, -0.25) is 9.59 Å². The van der Waals surface area contributed by atoms with Crippen molar-refractivity contribution >= 4 is 28.8 Å². The molecule has 2 aliphatic rings. The average Bonchev–Trinajstić information content (AvgIpc) is 3.40. The summed E-state index contributed by atoms with van der Waals surface area (Å²) in [4.78, 5) is 32.6. The highest BCUT2D eigenvalue weighted by atomic mass is 32.1. The van der Waals surface area contributed by atoms with E-state index in [9.17, 15) is 9.59 Å². The molecular weight excluding hydrogens is 384 g/mol. The summed E-state index contributed by atoms with van der Waals surface area (Å²) < 4.78 is 0. The highest BCUT2D eigenvalue weighted by molar-refractivity contribution is 7.09. The SMILES string of the molecule is CN(C)CC(=O)N1CCC2(C1)CN(C)c1ccc(C(=O)NCc3cccs3)cc12. The van der Waals surface area contributed by atoms with Crippen LogP contribution in [0.4, 0.5) is 5.69 Å². The summed E-state index contributed by atoms with van der Waals surface area (Å²) in [6, 6.07) is 10.0. The lowest BCUT2D eigenvalue weighted by atomic mass is 9.81. The number of carbonyl (C=O) groups is 2. The second-order valence-corrected chi connectivity index (χ2v) is 9.47. The largest absolute Gasteiger partial charge is 0.373 e. The zero-order valence-corrected chi connectivity index (χ0v) is 18.1. The number of thiophene rings is 1. The van der Waals surface area contributed by atoms with E-state index in [1.807, 2.05) is 53.5 Å². The predicted octanol–water partition coefficient (Wildman–Crippen LogP) is 2.16. The zero-order chi connectivity index (χ0) is 20.6. The molecule has 154 valence electrons. The number of amides is 2. The van der Waals surface area contributed by atoms with Gasteiger partial charge in [0.25, 0.3) is 5.91 Å². The van der Waals surface area contributed by atoms with Crippen molar-refractivity contribution in [2.45, 2.75) is 18.4 Å². The van der Waals surface area contributed by atoms with Crippen molar-refractivity contribution < 1.29 is 9.59 Å². The first-order chi connectivity index (χ1) is 13.9. The summed E-state index contributed by atoms with van der Waals surface area (Å²) in [6.45, 7) is 3.36. The molecule has 1 aromatic heterocycles. The standard InChI is InChI=1S/C22H28N4O2S/c1-24(2)13-20(27)26-9-8-22(15-26)14-25(3)19-7-6-16(11-18(19)22)21(28)23-12-17-5-4-10-29-17/h4-7,10-11H,8-9,12-15H2,1-3H3,(H,23,28). The van der Waals surface area contributed by atoms with Crippen LogP contribution in [0.15, 0.2) is 35.7 Å². The van der Waals surface area contributed by atoms with Crippen molar-refractivity contribution in [1.29, 1.82) is 0 Å². The minimum Gasteiger partial charge on any atom is -0.373 e. The van der Waals surface area contributed by atoms with Crippen molar-refractivity contribution in [3.05, 3.63) is 51.7 Å². The monoisotopic (exact) mass is 412 g/mol. The average molecular weight is 413 g/mol. The maximum atomic E-state index is 12.7. The summed E-state index contributed by atoms with van der Waals surface area (Å²) >= 11 is 1.64. The molecule has 0 saturated carbocycles. The van der Waals surface area contributed by atoms with E-state index in [1.54, 1.807) is 11.3 Å². The number of hydrogen-bond acceptors (Lipinski definition) is 5. The van der Waals surface area contributed by atoms with Crippen LogP contribution in [0.1, 0.15) is 27.2 Å². The first kappa shape index (κ1) is 19.9. The van der Waals surface area contributed by atoms with Gasteiger partial charge in [-0.15, -0.1) is 11.3 Å². The maximum Gasteiger partial charge on any atom is 0.251 e. The highest BCUT2D eigenvalue weighted by Crippen LogP contribution is 2.46. The third-order valence-electron chi connectivity index (χ3n) is 5.94. The first-order valence-electron chi connectivity index (χ1n) is 9.97. The van der Waals surface area contributed by atoms with Gasteiger partial charge < -0.3 is 20.0 Å². The van der Waals surface area contributed by atoms with E-state index in [1.165, 1.54) is 11.3 Å². The Labute approximate surface area is 176 Å². The van der Waals surface area contributed by atoms with Gasteiger partial charge >= 0.3 is 0 Å². The summed E-state index contributed by atoms with van der Waals surface area (Å²) in [5.41, 5.74) is 2.97. The molecule has 1 N–H and O–H groups in total. The van der Waals surface area contributed by atoms with E-state index in [2.05, 4.69) is 23.3 Å². The molecule has 1 fully saturated rings. The van der Waals surface area contributed by atoms with Gasteiger partial charge in [-0.05, 0) is 55.7 Å². The fraction of sp³-hybridized carbons (Fsp3) is 0.455. The van der Waals surface area contributed by atoms with E-state index in [4.69, 9.17) is 0 Å². The third kappa shape index (κ3) is 3.89. The summed E-state index contributed by atoms with van der Waals surface area (Å²) in [7, 11) is 5.93. The van der Waals surface area contributed by atoms with Crippen LogP contribution >= 0.6 is 11.3 Å². The van der Waals surface area contributed by atoms with E-state index in [0.29, 0.717) is 18.7 Å². The Hall–Kier alpha value is -2.38. The van der Waals surface area contributed by atoms with Gasteiger partial charge in [0.15, 0.2) is 0 Å². The fourth-order valence-electron chi connectivity index (χ4n) is 4.55. The first-order valence-corrected chi connectivity index (χ1v) is 10.8. The van der Waals surface area contributed by atoms with E-state index >= 15 is 0 Å². The van der Waals surface area contributed by atoms with Gasteiger partial charge in [0, 0.05) is 48.2 Å². The second-order valence-electron chi connectivity index (χ2n) is 8.43. The molecule has 0 bridgehead atoms. The minimum atomic E-state index is -0.0872. The van der Waals surface area contributed by atoms with E-state index < -0.39 is 0 Å². The van der Waals surface area contributed by atoms with E-state index in [-0.39, 0.29) is 17.2 Å². The predicted molar refractivity (Wildman–Crippen MR) is 117 cm³/mol. The number of likely N-dealkylation sites (tertiary alicyclic amines) is 1. The van der Waals surface area contributed by atoms with Gasteiger partial charge in [0.05, 0.1) is 13.1 Å². The van der Waals surface area contributed by atoms with Crippen molar-refractivity contribution in [1.82, 2.24) is 15.1 Å². The van der Waals surface area contributed by atoms with Gasteiger partial charge in [0.1, 0.15) is 0 Å². The zero-order valence-electron chi connectivity index (χ0n) is 17.3. The Morgan fingerprint density at radius 1 is 1.24 bits per heavy atom. The Bertz CT molecular complexity index is 912. The molecule has 4 rings (SSSR count). The molecule has 2 aromatic rings. The van der Waals surface area contributed by atoms with Crippen LogP contribution in [0.3, 0.4) is 0 Å². The highest BCUT2D eigenvalue weighted by Gasteiger charge is 2.47. The molecule has 3 heterocycles. The normalized spacial score (nSPS) is 20.6.